The van der Waals surface area contributed by atoms with Crippen LogP contribution in [0.1, 0.15) is 22.0 Å². The summed E-state index contributed by atoms with van der Waals surface area (Å²) >= 11 is 3.87. The number of fused-ring (bicyclic) bond motifs is 1. The van der Waals surface area contributed by atoms with Crippen LogP contribution in [0.4, 0.5) is 0 Å². The SMILES string of the molecule is Cc1cc(C=C(C#N)c2nc3ccccc3s2)c(C)n1-c1ccc(I)cc1. The number of hydrogen-bond acceptors (Lipinski definition) is 3. The van der Waals surface area contributed by atoms with Gasteiger partial charge in [0.25, 0.3) is 0 Å². The predicted octanol–water partition coefficient (Wildman–Crippen LogP) is 6.37. The van der Waals surface area contributed by atoms with E-state index >= 15 is 0 Å². The van der Waals surface area contributed by atoms with E-state index in [1.165, 1.54) is 3.57 Å². The van der Waals surface area contributed by atoms with Gasteiger partial charge in [-0.05, 0) is 90.5 Å². The lowest BCUT2D eigenvalue weighted by Gasteiger charge is -2.09. The maximum atomic E-state index is 9.72. The Labute approximate surface area is 175 Å². The minimum absolute atomic E-state index is 0.596. The van der Waals surface area contributed by atoms with Crippen LogP contribution in [-0.2, 0) is 0 Å². The van der Waals surface area contributed by atoms with Crippen LogP contribution in [0, 0.1) is 28.7 Å². The van der Waals surface area contributed by atoms with E-state index in [9.17, 15) is 5.26 Å². The lowest BCUT2D eigenvalue weighted by Crippen LogP contribution is -1.98. The number of para-hydroxylation sites is 1. The second-order valence-corrected chi connectivity index (χ2v) is 8.57. The van der Waals surface area contributed by atoms with Crippen molar-refractivity contribution < 1.29 is 0 Å². The van der Waals surface area contributed by atoms with E-state index in [4.69, 9.17) is 0 Å². The normalized spacial score (nSPS) is 11.7. The highest BCUT2D eigenvalue weighted by atomic mass is 127. The van der Waals surface area contributed by atoms with Crippen molar-refractivity contribution in [1.29, 1.82) is 5.26 Å². The minimum Gasteiger partial charge on any atom is -0.318 e. The van der Waals surface area contributed by atoms with Crippen LogP contribution in [0.3, 0.4) is 0 Å². The standard InChI is InChI=1S/C22H16IN3S/c1-14-11-16(15(2)26(14)19-9-7-18(23)8-10-19)12-17(13-24)22-25-20-5-3-4-6-21(20)27-22/h3-12H,1-2H3. The van der Waals surface area contributed by atoms with E-state index in [1.54, 1.807) is 11.3 Å². The van der Waals surface area contributed by atoms with E-state index in [-0.39, 0.29) is 0 Å². The van der Waals surface area contributed by atoms with Gasteiger partial charge in [-0.25, -0.2) is 4.98 Å². The highest BCUT2D eigenvalue weighted by Crippen LogP contribution is 2.30. The van der Waals surface area contributed by atoms with Crippen molar-refractivity contribution >= 4 is 55.8 Å². The van der Waals surface area contributed by atoms with Gasteiger partial charge >= 0.3 is 0 Å². The number of thiazole rings is 1. The highest BCUT2D eigenvalue weighted by molar-refractivity contribution is 14.1. The van der Waals surface area contributed by atoms with Crippen LogP contribution in [0.15, 0.2) is 54.6 Å². The Morgan fingerprint density at radius 2 is 1.89 bits per heavy atom. The minimum atomic E-state index is 0.596. The molecule has 0 fully saturated rings. The molecule has 0 saturated heterocycles. The number of nitriles is 1. The van der Waals surface area contributed by atoms with E-state index in [2.05, 4.69) is 82.4 Å². The average molecular weight is 481 g/mol. The number of aromatic nitrogens is 2. The van der Waals surface area contributed by atoms with Gasteiger partial charge in [-0.15, -0.1) is 11.3 Å². The molecule has 0 aliphatic carbocycles. The summed E-state index contributed by atoms with van der Waals surface area (Å²) in [6.45, 7) is 4.18. The van der Waals surface area contributed by atoms with E-state index in [0.717, 1.165) is 37.9 Å². The molecule has 5 heteroatoms. The summed E-state index contributed by atoms with van der Waals surface area (Å²) in [5.74, 6) is 0. The van der Waals surface area contributed by atoms with Crippen molar-refractivity contribution in [3.8, 4) is 11.8 Å². The van der Waals surface area contributed by atoms with Crippen LogP contribution >= 0.6 is 33.9 Å². The zero-order valence-corrected chi connectivity index (χ0v) is 17.9. The molecule has 0 bridgehead atoms. The summed E-state index contributed by atoms with van der Waals surface area (Å²) in [4.78, 5) is 4.63. The largest absolute Gasteiger partial charge is 0.318 e. The molecule has 3 nitrogen and oxygen atoms in total. The van der Waals surface area contributed by atoms with Crippen LogP contribution in [0.5, 0.6) is 0 Å². The van der Waals surface area contributed by atoms with Crippen LogP contribution in [0.25, 0.3) is 27.6 Å². The molecule has 4 aromatic rings. The van der Waals surface area contributed by atoms with Crippen molar-refractivity contribution in [2.75, 3.05) is 0 Å². The third kappa shape index (κ3) is 3.43. The molecule has 0 atom stereocenters. The molecule has 4 rings (SSSR count). The quantitative estimate of drug-likeness (QED) is 0.252. The number of aryl methyl sites for hydroxylation is 1. The molecule has 2 aromatic carbocycles. The maximum Gasteiger partial charge on any atom is 0.135 e. The predicted molar refractivity (Wildman–Crippen MR) is 121 cm³/mol. The molecule has 0 saturated carbocycles. The third-order valence-electron chi connectivity index (χ3n) is 4.50. The fourth-order valence-electron chi connectivity index (χ4n) is 3.21. The number of halogens is 1. The van der Waals surface area contributed by atoms with E-state index < -0.39 is 0 Å². The van der Waals surface area contributed by atoms with Crippen molar-refractivity contribution in [1.82, 2.24) is 9.55 Å². The summed E-state index contributed by atoms with van der Waals surface area (Å²) in [5, 5.41) is 10.5. The fourth-order valence-corrected chi connectivity index (χ4v) is 4.50. The first kappa shape index (κ1) is 18.0. The monoisotopic (exact) mass is 481 g/mol. The van der Waals surface area contributed by atoms with Crippen molar-refractivity contribution in [3.63, 3.8) is 0 Å². The maximum absolute atomic E-state index is 9.72. The summed E-state index contributed by atoms with van der Waals surface area (Å²) in [5.41, 5.74) is 5.96. The number of allylic oxidation sites excluding steroid dienone is 1. The van der Waals surface area contributed by atoms with Gasteiger partial charge < -0.3 is 4.57 Å². The average Bonchev–Trinajstić information content (AvgIpc) is 3.21. The Hall–Kier alpha value is -2.43. The van der Waals surface area contributed by atoms with Crippen LogP contribution in [0.2, 0.25) is 0 Å². The summed E-state index contributed by atoms with van der Waals surface area (Å²) in [6, 6.07) is 20.9. The Balaban J connectivity index is 1.79. The van der Waals surface area contributed by atoms with Gasteiger partial charge in [0.1, 0.15) is 11.1 Å². The third-order valence-corrected chi connectivity index (χ3v) is 6.29. The van der Waals surface area contributed by atoms with Gasteiger partial charge in [-0.1, -0.05) is 12.1 Å². The molecule has 0 spiro atoms. The molecule has 0 N–H and O–H groups in total. The Bertz CT molecular complexity index is 1170. The van der Waals surface area contributed by atoms with Crippen LogP contribution in [-0.4, -0.2) is 9.55 Å². The summed E-state index contributed by atoms with van der Waals surface area (Å²) in [7, 11) is 0. The number of rotatable bonds is 3. The highest BCUT2D eigenvalue weighted by Gasteiger charge is 2.13. The Kier molecular flexibility index (Phi) is 4.85. The number of benzene rings is 2. The van der Waals surface area contributed by atoms with Crippen molar-refractivity contribution in [2.45, 2.75) is 13.8 Å². The van der Waals surface area contributed by atoms with Gasteiger partial charge in [-0.3, -0.25) is 0 Å². The molecule has 0 unspecified atom stereocenters. The lowest BCUT2D eigenvalue weighted by molar-refractivity contribution is 0.964. The first-order chi connectivity index (χ1) is 13.1. The second kappa shape index (κ2) is 7.29. The van der Waals surface area contributed by atoms with Gasteiger partial charge in [0.15, 0.2) is 0 Å². The van der Waals surface area contributed by atoms with Gasteiger partial charge in [-0.2, -0.15) is 5.26 Å². The van der Waals surface area contributed by atoms with Crippen molar-refractivity contribution in [2.24, 2.45) is 0 Å². The molecular formula is C22H16IN3S. The van der Waals surface area contributed by atoms with Gasteiger partial charge in [0, 0.05) is 20.6 Å². The van der Waals surface area contributed by atoms with Gasteiger partial charge in [0.05, 0.1) is 15.8 Å². The fraction of sp³-hybridized carbons (Fsp3) is 0.0909. The smallest absolute Gasteiger partial charge is 0.135 e. The first-order valence-corrected chi connectivity index (χ1v) is 10.4. The summed E-state index contributed by atoms with van der Waals surface area (Å²) < 4.78 is 4.52. The zero-order valence-electron chi connectivity index (χ0n) is 14.9. The number of hydrogen-bond donors (Lipinski definition) is 0. The van der Waals surface area contributed by atoms with Crippen molar-refractivity contribution in [3.05, 3.63) is 80.1 Å². The molecule has 2 heterocycles. The number of nitrogens with zero attached hydrogens (tertiary/aromatic N) is 3. The van der Waals surface area contributed by atoms with E-state index in [1.807, 2.05) is 30.3 Å². The second-order valence-electron chi connectivity index (χ2n) is 6.29. The lowest BCUT2D eigenvalue weighted by atomic mass is 10.1. The molecule has 27 heavy (non-hydrogen) atoms. The molecule has 132 valence electrons. The zero-order chi connectivity index (χ0) is 19.0. The van der Waals surface area contributed by atoms with Crippen LogP contribution < -0.4 is 0 Å². The molecule has 2 aromatic heterocycles. The van der Waals surface area contributed by atoms with E-state index in [0.29, 0.717) is 5.57 Å². The summed E-state index contributed by atoms with van der Waals surface area (Å²) in [6.07, 6.45) is 1.95. The molecular weight excluding hydrogens is 465 g/mol. The van der Waals surface area contributed by atoms with Gasteiger partial charge in [0.2, 0.25) is 0 Å². The Morgan fingerprint density at radius 1 is 1.15 bits per heavy atom. The molecule has 0 radical (unpaired) electrons. The molecule has 0 aliphatic rings. The molecule has 0 aliphatic heterocycles. The Morgan fingerprint density at radius 3 is 2.59 bits per heavy atom. The molecule has 0 amide bonds. The topological polar surface area (TPSA) is 41.6 Å². The first-order valence-electron chi connectivity index (χ1n) is 8.49.